The normalized spacial score (nSPS) is 17.0. The molecule has 4 aromatic rings. The van der Waals surface area contributed by atoms with Crippen LogP contribution in [0.15, 0.2) is 34.7 Å². The van der Waals surface area contributed by atoms with E-state index in [0.717, 1.165) is 66.1 Å². The molecule has 32 heavy (non-hydrogen) atoms. The molecule has 0 spiro atoms. The van der Waals surface area contributed by atoms with Crippen molar-refractivity contribution in [1.29, 1.82) is 0 Å². The first-order chi connectivity index (χ1) is 15.6. The topological polar surface area (TPSA) is 134 Å². The van der Waals surface area contributed by atoms with E-state index in [1.807, 2.05) is 30.3 Å². The van der Waals surface area contributed by atoms with Gasteiger partial charge in [-0.05, 0) is 55.9 Å². The quantitative estimate of drug-likeness (QED) is 0.440. The van der Waals surface area contributed by atoms with Crippen molar-refractivity contribution >= 4 is 39.7 Å². The summed E-state index contributed by atoms with van der Waals surface area (Å²) < 4.78 is 13.7. The summed E-state index contributed by atoms with van der Waals surface area (Å²) in [7, 11) is 0. The molecule has 1 atom stereocenters. The van der Waals surface area contributed by atoms with E-state index in [1.54, 1.807) is 0 Å². The fourth-order valence-electron chi connectivity index (χ4n) is 4.53. The van der Waals surface area contributed by atoms with Crippen molar-refractivity contribution in [2.24, 2.45) is 11.7 Å². The molecule has 6 rings (SSSR count). The molecule has 164 valence electrons. The van der Waals surface area contributed by atoms with Gasteiger partial charge in [0.1, 0.15) is 28.6 Å². The van der Waals surface area contributed by atoms with Crippen LogP contribution in [-0.2, 0) is 11.3 Å². The Kier molecular flexibility index (Phi) is 4.24. The maximum Gasteiger partial charge on any atom is 0.292 e. The number of anilines is 2. The number of nitrogens with zero attached hydrogens (tertiary/aromatic N) is 3. The summed E-state index contributed by atoms with van der Waals surface area (Å²) in [6, 6.07) is 9.45. The van der Waals surface area contributed by atoms with Crippen molar-refractivity contribution in [3.05, 3.63) is 30.3 Å². The first kappa shape index (κ1) is 19.0. The largest absolute Gasteiger partial charge is 0.491 e. The van der Waals surface area contributed by atoms with Crippen molar-refractivity contribution < 1.29 is 13.9 Å². The van der Waals surface area contributed by atoms with Gasteiger partial charge >= 0.3 is 0 Å². The summed E-state index contributed by atoms with van der Waals surface area (Å²) in [4.78, 5) is 21.2. The van der Waals surface area contributed by atoms with Crippen LogP contribution in [0, 0.1) is 5.92 Å². The number of hydrogen-bond donors (Lipinski definition) is 3. The number of oxazole rings is 1. The van der Waals surface area contributed by atoms with Crippen LogP contribution in [0.2, 0.25) is 0 Å². The Morgan fingerprint density at radius 3 is 2.84 bits per heavy atom. The molecule has 2 aromatic heterocycles. The van der Waals surface area contributed by atoms with E-state index in [2.05, 4.69) is 14.9 Å². The van der Waals surface area contributed by atoms with Gasteiger partial charge in [-0.3, -0.25) is 4.79 Å². The van der Waals surface area contributed by atoms with Crippen molar-refractivity contribution in [2.75, 3.05) is 17.7 Å². The Balaban J connectivity index is 1.49. The first-order valence-electron chi connectivity index (χ1n) is 11.0. The van der Waals surface area contributed by atoms with Crippen LogP contribution in [0.3, 0.4) is 0 Å². The lowest BCUT2D eigenvalue weighted by Crippen LogP contribution is -2.37. The molecule has 3 heterocycles. The molecular formula is C23H24N6O3. The van der Waals surface area contributed by atoms with Crippen molar-refractivity contribution in [3.63, 3.8) is 0 Å². The Labute approximate surface area is 183 Å². The number of aryl methyl sites for hydroxylation is 1. The second kappa shape index (κ2) is 7.15. The average molecular weight is 432 g/mol. The van der Waals surface area contributed by atoms with Crippen molar-refractivity contribution in [1.82, 2.24) is 14.5 Å². The highest BCUT2D eigenvalue weighted by Crippen LogP contribution is 2.38. The standard InChI is InChI=1S/C23H24N6O3/c24-21(30)19(12-3-4-12)26-14-10-16-20-18(11-14)31-8-2-1-7-29(20)22(27-16)13-5-6-17-15(9-13)28-23(25)32-17/h5-6,9-12,19,26H,1-4,7-8H2,(H2,24,30)(H2,25,28). The minimum atomic E-state index is -0.380. The molecular weight excluding hydrogens is 408 g/mol. The van der Waals surface area contributed by atoms with E-state index in [9.17, 15) is 4.79 Å². The molecule has 0 radical (unpaired) electrons. The third kappa shape index (κ3) is 3.21. The zero-order valence-electron chi connectivity index (χ0n) is 17.5. The number of nitrogens with two attached hydrogens (primary N) is 2. The Bertz CT molecular complexity index is 1350. The molecule has 5 N–H and O–H groups in total. The summed E-state index contributed by atoms with van der Waals surface area (Å²) in [5, 5.41) is 3.32. The van der Waals surface area contributed by atoms with Gasteiger partial charge in [-0.15, -0.1) is 0 Å². The fourth-order valence-corrected chi connectivity index (χ4v) is 4.53. The van der Waals surface area contributed by atoms with Gasteiger partial charge in [0.25, 0.3) is 6.01 Å². The van der Waals surface area contributed by atoms with Crippen LogP contribution in [0.5, 0.6) is 5.75 Å². The summed E-state index contributed by atoms with van der Waals surface area (Å²) in [5.74, 6) is 1.55. The molecule has 0 saturated heterocycles. The molecule has 1 aliphatic heterocycles. The number of benzene rings is 2. The molecule has 0 bridgehead atoms. The van der Waals surface area contributed by atoms with Gasteiger partial charge in [-0.2, -0.15) is 4.98 Å². The van der Waals surface area contributed by atoms with Crippen LogP contribution < -0.4 is 21.5 Å². The third-order valence-corrected chi connectivity index (χ3v) is 6.22. The number of rotatable bonds is 5. The summed E-state index contributed by atoms with van der Waals surface area (Å²) in [6.07, 6.45) is 3.96. The number of hydrogen-bond acceptors (Lipinski definition) is 7. The summed E-state index contributed by atoms with van der Waals surface area (Å²) in [5.41, 5.74) is 16.2. The molecule has 1 unspecified atom stereocenters. The zero-order chi connectivity index (χ0) is 21.8. The lowest BCUT2D eigenvalue weighted by molar-refractivity contribution is -0.119. The predicted octanol–water partition coefficient (Wildman–Crippen LogP) is 3.28. The maximum absolute atomic E-state index is 12.0. The van der Waals surface area contributed by atoms with Gasteiger partial charge < -0.3 is 30.5 Å². The number of primary amides is 1. The second-order valence-electron chi connectivity index (χ2n) is 8.58. The maximum atomic E-state index is 12.0. The highest BCUT2D eigenvalue weighted by atomic mass is 16.5. The lowest BCUT2D eigenvalue weighted by Gasteiger charge is -2.19. The highest BCUT2D eigenvalue weighted by Gasteiger charge is 2.35. The summed E-state index contributed by atoms with van der Waals surface area (Å²) >= 11 is 0. The molecule has 2 aliphatic rings. The fraction of sp³-hybridized carbons (Fsp3) is 0.348. The molecule has 1 aliphatic carbocycles. The number of nitrogen functional groups attached to an aromatic ring is 1. The SMILES string of the molecule is NC(=O)C(Nc1cc2c3c(c1)nc(-c1ccc4oc(N)nc4c1)n3CCCCO2)C1CC1. The van der Waals surface area contributed by atoms with E-state index >= 15 is 0 Å². The Morgan fingerprint density at radius 2 is 2.03 bits per heavy atom. The third-order valence-electron chi connectivity index (χ3n) is 6.22. The minimum absolute atomic E-state index is 0.145. The number of ether oxygens (including phenoxy) is 1. The number of fused-ring (bicyclic) bond motifs is 1. The molecule has 9 heteroatoms. The molecule has 1 amide bonds. The number of aromatic nitrogens is 3. The van der Waals surface area contributed by atoms with Gasteiger partial charge in [0, 0.05) is 23.9 Å². The first-order valence-corrected chi connectivity index (χ1v) is 11.0. The van der Waals surface area contributed by atoms with Gasteiger partial charge in [0.2, 0.25) is 5.91 Å². The van der Waals surface area contributed by atoms with Crippen LogP contribution in [0.1, 0.15) is 25.7 Å². The number of nitrogens with one attached hydrogen (secondary N) is 1. The molecule has 9 nitrogen and oxygen atoms in total. The van der Waals surface area contributed by atoms with E-state index < -0.39 is 0 Å². The van der Waals surface area contributed by atoms with E-state index in [0.29, 0.717) is 23.6 Å². The Hall–Kier alpha value is -3.75. The van der Waals surface area contributed by atoms with Gasteiger partial charge in [-0.1, -0.05) is 0 Å². The van der Waals surface area contributed by atoms with E-state index in [4.69, 9.17) is 25.6 Å². The minimum Gasteiger partial charge on any atom is -0.491 e. The lowest BCUT2D eigenvalue weighted by atomic mass is 10.1. The van der Waals surface area contributed by atoms with Crippen LogP contribution in [0.4, 0.5) is 11.7 Å². The predicted molar refractivity (Wildman–Crippen MR) is 121 cm³/mol. The number of carbonyl (C=O) groups is 1. The number of carbonyl (C=O) groups excluding carboxylic acids is 1. The summed E-state index contributed by atoms with van der Waals surface area (Å²) in [6.45, 7) is 1.48. The monoisotopic (exact) mass is 432 g/mol. The van der Waals surface area contributed by atoms with Crippen molar-refractivity contribution in [2.45, 2.75) is 38.3 Å². The number of amides is 1. The van der Waals surface area contributed by atoms with Crippen LogP contribution in [0.25, 0.3) is 33.5 Å². The zero-order valence-corrected chi connectivity index (χ0v) is 17.5. The smallest absolute Gasteiger partial charge is 0.292 e. The highest BCUT2D eigenvalue weighted by molar-refractivity contribution is 5.92. The van der Waals surface area contributed by atoms with Crippen LogP contribution in [-0.4, -0.2) is 33.1 Å². The van der Waals surface area contributed by atoms with Gasteiger partial charge in [0.05, 0.1) is 12.1 Å². The van der Waals surface area contributed by atoms with Gasteiger partial charge in [0.15, 0.2) is 5.58 Å². The van der Waals surface area contributed by atoms with E-state index in [1.165, 1.54) is 0 Å². The Morgan fingerprint density at radius 1 is 1.16 bits per heavy atom. The van der Waals surface area contributed by atoms with Crippen molar-refractivity contribution in [3.8, 4) is 17.1 Å². The second-order valence-corrected chi connectivity index (χ2v) is 8.58. The molecule has 1 saturated carbocycles. The van der Waals surface area contributed by atoms with E-state index in [-0.39, 0.29) is 18.0 Å². The van der Waals surface area contributed by atoms with Crippen LogP contribution >= 0.6 is 0 Å². The molecule has 2 aromatic carbocycles. The average Bonchev–Trinajstić information content (AvgIpc) is 3.41. The van der Waals surface area contributed by atoms with Gasteiger partial charge in [-0.25, -0.2) is 4.98 Å². The molecule has 1 fully saturated rings. The number of imidazole rings is 1.